The maximum absolute atomic E-state index is 5.90. The van der Waals surface area contributed by atoms with Gasteiger partial charge in [0.1, 0.15) is 5.52 Å². The highest BCUT2D eigenvalue weighted by Crippen LogP contribution is 2.36. The van der Waals surface area contributed by atoms with Gasteiger partial charge in [-0.15, -0.1) is 0 Å². The molecule has 2 aromatic heterocycles. The van der Waals surface area contributed by atoms with Crippen molar-refractivity contribution >= 4 is 11.3 Å². The molecule has 20 heavy (non-hydrogen) atoms. The van der Waals surface area contributed by atoms with Crippen LogP contribution in [0.15, 0.2) is 18.5 Å². The molecule has 0 amide bonds. The molecule has 2 fully saturated rings. The van der Waals surface area contributed by atoms with E-state index < -0.39 is 0 Å². The standard InChI is InChI=1S/C15H20N4O/c1-9(2)11-8-13-15(16-5-6-19(13)18-11)17-12-7-10-3-4-14(12)20-10/h5-6,8-10,12,14H,3-4,7H2,1-2H3,(H,16,17). The van der Waals surface area contributed by atoms with Crippen LogP contribution in [0.4, 0.5) is 5.82 Å². The predicted octanol–water partition coefficient (Wildman–Crippen LogP) is 2.58. The Morgan fingerprint density at radius 2 is 2.30 bits per heavy atom. The molecule has 5 heteroatoms. The summed E-state index contributed by atoms with van der Waals surface area (Å²) in [5.74, 6) is 1.35. The number of anilines is 1. The molecule has 4 heterocycles. The van der Waals surface area contributed by atoms with Crippen LogP contribution >= 0.6 is 0 Å². The van der Waals surface area contributed by atoms with Crippen molar-refractivity contribution in [3.05, 3.63) is 24.2 Å². The van der Waals surface area contributed by atoms with Crippen molar-refractivity contribution in [2.45, 2.75) is 57.3 Å². The molecule has 2 bridgehead atoms. The van der Waals surface area contributed by atoms with Gasteiger partial charge in [-0.25, -0.2) is 9.50 Å². The van der Waals surface area contributed by atoms with Gasteiger partial charge in [-0.05, 0) is 31.2 Å². The molecule has 106 valence electrons. The summed E-state index contributed by atoms with van der Waals surface area (Å²) in [7, 11) is 0. The van der Waals surface area contributed by atoms with Gasteiger partial charge in [0.2, 0.25) is 0 Å². The fourth-order valence-electron chi connectivity index (χ4n) is 3.30. The first-order valence-electron chi connectivity index (χ1n) is 7.47. The Hall–Kier alpha value is -1.62. The second-order valence-electron chi connectivity index (χ2n) is 6.19. The molecule has 2 aliphatic heterocycles. The van der Waals surface area contributed by atoms with Gasteiger partial charge in [-0.3, -0.25) is 0 Å². The van der Waals surface area contributed by atoms with E-state index in [1.165, 1.54) is 12.8 Å². The Kier molecular flexibility index (Phi) is 2.70. The molecule has 3 atom stereocenters. The highest BCUT2D eigenvalue weighted by Gasteiger charge is 2.41. The molecule has 4 rings (SSSR count). The number of nitrogens with zero attached hydrogens (tertiary/aromatic N) is 3. The smallest absolute Gasteiger partial charge is 0.152 e. The van der Waals surface area contributed by atoms with Crippen molar-refractivity contribution < 1.29 is 4.74 Å². The summed E-state index contributed by atoms with van der Waals surface area (Å²) in [6.45, 7) is 4.32. The van der Waals surface area contributed by atoms with Gasteiger partial charge in [0.05, 0.1) is 23.9 Å². The molecular weight excluding hydrogens is 252 g/mol. The van der Waals surface area contributed by atoms with E-state index in [1.807, 2.05) is 10.7 Å². The lowest BCUT2D eigenvalue weighted by Crippen LogP contribution is -2.31. The summed E-state index contributed by atoms with van der Waals surface area (Å²) in [4.78, 5) is 4.50. The van der Waals surface area contributed by atoms with Crippen molar-refractivity contribution in [3.63, 3.8) is 0 Å². The molecule has 2 aliphatic rings. The summed E-state index contributed by atoms with van der Waals surface area (Å²) in [6.07, 6.45) is 8.00. The lowest BCUT2D eigenvalue weighted by molar-refractivity contribution is 0.102. The lowest BCUT2D eigenvalue weighted by atomic mass is 9.95. The summed E-state index contributed by atoms with van der Waals surface area (Å²) in [5, 5.41) is 8.17. The molecule has 0 saturated carbocycles. The molecule has 0 radical (unpaired) electrons. The highest BCUT2D eigenvalue weighted by molar-refractivity contribution is 5.68. The summed E-state index contributed by atoms with van der Waals surface area (Å²) >= 11 is 0. The molecule has 3 unspecified atom stereocenters. The number of rotatable bonds is 3. The van der Waals surface area contributed by atoms with Crippen LogP contribution in [0.5, 0.6) is 0 Å². The number of nitrogens with one attached hydrogen (secondary N) is 1. The van der Waals surface area contributed by atoms with Crippen molar-refractivity contribution in [2.75, 3.05) is 5.32 Å². The van der Waals surface area contributed by atoms with Crippen molar-refractivity contribution in [2.24, 2.45) is 0 Å². The zero-order valence-corrected chi connectivity index (χ0v) is 11.9. The van der Waals surface area contributed by atoms with E-state index >= 15 is 0 Å². The third kappa shape index (κ3) is 1.88. The monoisotopic (exact) mass is 272 g/mol. The van der Waals surface area contributed by atoms with Crippen molar-refractivity contribution in [3.8, 4) is 0 Å². The normalized spacial score (nSPS) is 28.6. The summed E-state index contributed by atoms with van der Waals surface area (Å²) in [5.41, 5.74) is 2.16. The van der Waals surface area contributed by atoms with Crippen LogP contribution in [-0.2, 0) is 4.74 Å². The van der Waals surface area contributed by atoms with Gasteiger partial charge in [-0.2, -0.15) is 5.10 Å². The molecule has 2 saturated heterocycles. The molecule has 0 aromatic carbocycles. The largest absolute Gasteiger partial charge is 0.373 e. The SMILES string of the molecule is CC(C)c1cc2c(NC3CC4CCC3O4)nccn2n1. The highest BCUT2D eigenvalue weighted by atomic mass is 16.5. The molecule has 0 spiro atoms. The first-order chi connectivity index (χ1) is 9.70. The molecule has 1 N–H and O–H groups in total. The van der Waals surface area contributed by atoms with Crippen LogP contribution in [-0.4, -0.2) is 32.8 Å². The van der Waals surface area contributed by atoms with Gasteiger partial charge in [-0.1, -0.05) is 13.8 Å². The zero-order chi connectivity index (χ0) is 13.7. The lowest BCUT2D eigenvalue weighted by Gasteiger charge is -2.20. The van der Waals surface area contributed by atoms with E-state index in [9.17, 15) is 0 Å². The first kappa shape index (κ1) is 12.1. The third-order valence-corrected chi connectivity index (χ3v) is 4.43. The summed E-state index contributed by atoms with van der Waals surface area (Å²) < 4.78 is 7.82. The Morgan fingerprint density at radius 1 is 1.40 bits per heavy atom. The maximum atomic E-state index is 5.90. The minimum absolute atomic E-state index is 0.356. The second kappa shape index (κ2) is 4.45. The fraction of sp³-hybridized carbons (Fsp3) is 0.600. The van der Waals surface area contributed by atoms with Crippen LogP contribution in [0.3, 0.4) is 0 Å². The first-order valence-corrected chi connectivity index (χ1v) is 7.47. The topological polar surface area (TPSA) is 51.5 Å². The average molecular weight is 272 g/mol. The van der Waals surface area contributed by atoms with Crippen LogP contribution in [0.2, 0.25) is 0 Å². The summed E-state index contributed by atoms with van der Waals surface area (Å²) in [6, 6.07) is 2.53. The van der Waals surface area contributed by atoms with Crippen molar-refractivity contribution in [1.82, 2.24) is 14.6 Å². The minimum Gasteiger partial charge on any atom is -0.373 e. The van der Waals surface area contributed by atoms with Gasteiger partial charge in [0, 0.05) is 12.4 Å². The Balaban J connectivity index is 1.65. The maximum Gasteiger partial charge on any atom is 0.152 e. The van der Waals surface area contributed by atoms with E-state index in [-0.39, 0.29) is 0 Å². The van der Waals surface area contributed by atoms with E-state index in [2.05, 4.69) is 35.3 Å². The molecular formula is C15H20N4O. The second-order valence-corrected chi connectivity index (χ2v) is 6.19. The Morgan fingerprint density at radius 3 is 3.00 bits per heavy atom. The zero-order valence-electron chi connectivity index (χ0n) is 11.9. The number of ether oxygens (including phenoxy) is 1. The van der Waals surface area contributed by atoms with Crippen molar-refractivity contribution in [1.29, 1.82) is 0 Å². The average Bonchev–Trinajstić information content (AvgIpc) is 3.12. The van der Waals surface area contributed by atoms with Crippen LogP contribution in [0.25, 0.3) is 5.52 Å². The van der Waals surface area contributed by atoms with E-state index in [0.29, 0.717) is 24.2 Å². The van der Waals surface area contributed by atoms with Gasteiger partial charge in [0.25, 0.3) is 0 Å². The minimum atomic E-state index is 0.356. The van der Waals surface area contributed by atoms with Gasteiger partial charge in [0.15, 0.2) is 5.82 Å². The number of hydrogen-bond acceptors (Lipinski definition) is 4. The van der Waals surface area contributed by atoms with E-state index in [4.69, 9.17) is 4.74 Å². The van der Waals surface area contributed by atoms with Crippen LogP contribution in [0.1, 0.15) is 44.7 Å². The fourth-order valence-corrected chi connectivity index (χ4v) is 3.30. The molecule has 5 nitrogen and oxygen atoms in total. The van der Waals surface area contributed by atoms with Gasteiger partial charge < -0.3 is 10.1 Å². The number of aromatic nitrogens is 3. The van der Waals surface area contributed by atoms with Crippen LogP contribution < -0.4 is 5.32 Å². The Bertz CT molecular complexity index is 636. The predicted molar refractivity (Wildman–Crippen MR) is 77.0 cm³/mol. The third-order valence-electron chi connectivity index (χ3n) is 4.43. The molecule has 0 aliphatic carbocycles. The molecule has 2 aromatic rings. The quantitative estimate of drug-likeness (QED) is 0.933. The Labute approximate surface area is 118 Å². The van der Waals surface area contributed by atoms with E-state index in [1.54, 1.807) is 6.20 Å². The van der Waals surface area contributed by atoms with E-state index in [0.717, 1.165) is 23.4 Å². The van der Waals surface area contributed by atoms with Crippen LogP contribution in [0, 0.1) is 0 Å². The number of fused-ring (bicyclic) bond motifs is 3. The number of hydrogen-bond donors (Lipinski definition) is 1. The van der Waals surface area contributed by atoms with Gasteiger partial charge >= 0.3 is 0 Å².